The maximum absolute atomic E-state index is 12.3. The molecular formula is C20H29N5O2S. The van der Waals surface area contributed by atoms with Gasteiger partial charge in [-0.15, -0.1) is 10.2 Å². The van der Waals surface area contributed by atoms with Crippen molar-refractivity contribution >= 4 is 17.7 Å². The summed E-state index contributed by atoms with van der Waals surface area (Å²) >= 11 is 1.43. The SMILES string of the molecule is Cc1nnc(SCC(=O)NC(C)CCN2CCOCC2)n1Cc1ccccc1. The van der Waals surface area contributed by atoms with Gasteiger partial charge < -0.3 is 14.6 Å². The highest BCUT2D eigenvalue weighted by atomic mass is 32.2. The van der Waals surface area contributed by atoms with E-state index < -0.39 is 0 Å². The van der Waals surface area contributed by atoms with Gasteiger partial charge >= 0.3 is 0 Å². The zero-order chi connectivity index (χ0) is 19.8. The van der Waals surface area contributed by atoms with E-state index in [0.717, 1.165) is 50.2 Å². The first-order chi connectivity index (χ1) is 13.6. The van der Waals surface area contributed by atoms with Crippen molar-refractivity contribution in [1.29, 1.82) is 0 Å². The van der Waals surface area contributed by atoms with E-state index in [2.05, 4.69) is 44.0 Å². The lowest BCUT2D eigenvalue weighted by molar-refractivity contribution is -0.119. The molecule has 7 nitrogen and oxygen atoms in total. The maximum Gasteiger partial charge on any atom is 0.230 e. The molecule has 1 atom stereocenters. The number of aromatic nitrogens is 3. The molecule has 1 aromatic carbocycles. The van der Waals surface area contributed by atoms with Gasteiger partial charge in [0.25, 0.3) is 0 Å². The number of hydrogen-bond donors (Lipinski definition) is 1. The van der Waals surface area contributed by atoms with Gasteiger partial charge in [-0.2, -0.15) is 0 Å². The molecule has 1 aliphatic rings. The summed E-state index contributed by atoms with van der Waals surface area (Å²) in [6, 6.07) is 10.4. The van der Waals surface area contributed by atoms with Crippen LogP contribution in [0.3, 0.4) is 0 Å². The van der Waals surface area contributed by atoms with Crippen molar-refractivity contribution in [3.63, 3.8) is 0 Å². The van der Waals surface area contributed by atoms with Gasteiger partial charge in [0.15, 0.2) is 5.16 Å². The number of carbonyl (C=O) groups is 1. The Hall–Kier alpha value is -1.90. The van der Waals surface area contributed by atoms with Crippen LogP contribution in [0.2, 0.25) is 0 Å². The zero-order valence-corrected chi connectivity index (χ0v) is 17.5. The van der Waals surface area contributed by atoms with Crippen molar-refractivity contribution in [3.8, 4) is 0 Å². The van der Waals surface area contributed by atoms with Gasteiger partial charge in [-0.25, -0.2) is 0 Å². The van der Waals surface area contributed by atoms with Crippen LogP contribution >= 0.6 is 11.8 Å². The summed E-state index contributed by atoms with van der Waals surface area (Å²) in [5.74, 6) is 1.23. The zero-order valence-electron chi connectivity index (χ0n) is 16.6. The maximum atomic E-state index is 12.3. The molecule has 0 aliphatic carbocycles. The summed E-state index contributed by atoms with van der Waals surface area (Å²) < 4.78 is 7.42. The predicted molar refractivity (Wildman–Crippen MR) is 111 cm³/mol. The number of nitrogens with zero attached hydrogens (tertiary/aromatic N) is 4. The number of thioether (sulfide) groups is 1. The van der Waals surface area contributed by atoms with Gasteiger partial charge in [0.1, 0.15) is 5.82 Å². The Morgan fingerprint density at radius 2 is 2.00 bits per heavy atom. The van der Waals surface area contributed by atoms with Gasteiger partial charge in [-0.3, -0.25) is 9.69 Å². The van der Waals surface area contributed by atoms with Gasteiger partial charge in [-0.05, 0) is 25.8 Å². The van der Waals surface area contributed by atoms with Gasteiger partial charge in [-0.1, -0.05) is 42.1 Å². The Morgan fingerprint density at radius 1 is 1.25 bits per heavy atom. The molecule has 28 heavy (non-hydrogen) atoms. The standard InChI is InChI=1S/C20H29N5O2S/c1-16(8-9-24-10-12-27-13-11-24)21-19(26)15-28-20-23-22-17(2)25(20)14-18-6-4-3-5-7-18/h3-7,16H,8-15H2,1-2H3,(H,21,26). The summed E-state index contributed by atoms with van der Waals surface area (Å²) in [4.78, 5) is 14.7. The van der Waals surface area contributed by atoms with E-state index in [0.29, 0.717) is 12.3 Å². The van der Waals surface area contributed by atoms with E-state index in [1.54, 1.807) is 0 Å². The molecular weight excluding hydrogens is 374 g/mol. The van der Waals surface area contributed by atoms with E-state index >= 15 is 0 Å². The second-order valence-corrected chi connectivity index (χ2v) is 8.04. The molecule has 2 aromatic rings. The Balaban J connectivity index is 1.44. The van der Waals surface area contributed by atoms with Crippen LogP contribution in [0.1, 0.15) is 24.7 Å². The van der Waals surface area contributed by atoms with Crippen molar-refractivity contribution in [2.75, 3.05) is 38.6 Å². The topological polar surface area (TPSA) is 72.3 Å². The minimum Gasteiger partial charge on any atom is -0.379 e. The van der Waals surface area contributed by atoms with Crippen molar-refractivity contribution in [1.82, 2.24) is 25.0 Å². The Morgan fingerprint density at radius 3 is 2.75 bits per heavy atom. The van der Waals surface area contributed by atoms with E-state index in [4.69, 9.17) is 4.74 Å². The van der Waals surface area contributed by atoms with Gasteiger partial charge in [0.05, 0.1) is 25.5 Å². The van der Waals surface area contributed by atoms with Gasteiger partial charge in [0.2, 0.25) is 5.91 Å². The van der Waals surface area contributed by atoms with Crippen LogP contribution in [0.15, 0.2) is 35.5 Å². The highest BCUT2D eigenvalue weighted by molar-refractivity contribution is 7.99. The molecule has 0 saturated carbocycles. The van der Waals surface area contributed by atoms with Crippen molar-refractivity contribution < 1.29 is 9.53 Å². The van der Waals surface area contributed by atoms with E-state index in [9.17, 15) is 4.79 Å². The van der Waals surface area contributed by atoms with Gasteiger partial charge in [0, 0.05) is 25.7 Å². The third kappa shape index (κ3) is 6.32. The highest BCUT2D eigenvalue weighted by Gasteiger charge is 2.15. The van der Waals surface area contributed by atoms with Crippen LogP contribution in [-0.4, -0.2) is 70.2 Å². The number of nitrogens with one attached hydrogen (secondary N) is 1. The van der Waals surface area contributed by atoms with Crippen LogP contribution in [0.25, 0.3) is 0 Å². The number of morpholine rings is 1. The Kier molecular flexibility index (Phi) is 7.88. The molecule has 152 valence electrons. The summed E-state index contributed by atoms with van der Waals surface area (Å²) in [5.41, 5.74) is 1.19. The second-order valence-electron chi connectivity index (χ2n) is 7.10. The molecule has 0 radical (unpaired) electrons. The summed E-state index contributed by atoms with van der Waals surface area (Å²) in [6.07, 6.45) is 0.944. The van der Waals surface area contributed by atoms with Crippen molar-refractivity contribution in [2.24, 2.45) is 0 Å². The lowest BCUT2D eigenvalue weighted by Gasteiger charge is -2.27. The molecule has 2 heterocycles. The molecule has 1 fully saturated rings. The first kappa shape index (κ1) is 20.8. The molecule has 3 rings (SSSR count). The normalized spacial score (nSPS) is 16.1. The molecule has 1 aliphatic heterocycles. The molecule has 1 aromatic heterocycles. The van der Waals surface area contributed by atoms with Crippen LogP contribution in [0.4, 0.5) is 0 Å². The van der Waals surface area contributed by atoms with Crippen LogP contribution in [0.5, 0.6) is 0 Å². The predicted octanol–water partition coefficient (Wildman–Crippen LogP) is 1.95. The fraction of sp³-hybridized carbons (Fsp3) is 0.550. The first-order valence-corrected chi connectivity index (χ1v) is 10.8. The molecule has 8 heteroatoms. The van der Waals surface area contributed by atoms with E-state index in [1.807, 2.05) is 25.1 Å². The van der Waals surface area contributed by atoms with Crippen LogP contribution in [0, 0.1) is 6.92 Å². The highest BCUT2D eigenvalue weighted by Crippen LogP contribution is 2.18. The monoisotopic (exact) mass is 403 g/mol. The van der Waals surface area contributed by atoms with Crippen molar-refractivity contribution in [3.05, 3.63) is 41.7 Å². The smallest absolute Gasteiger partial charge is 0.230 e. The van der Waals surface area contributed by atoms with E-state index in [-0.39, 0.29) is 11.9 Å². The fourth-order valence-electron chi connectivity index (χ4n) is 3.14. The lowest BCUT2D eigenvalue weighted by atomic mass is 10.2. The number of aryl methyl sites for hydroxylation is 1. The quantitative estimate of drug-likeness (QED) is 0.646. The van der Waals surface area contributed by atoms with Crippen molar-refractivity contribution in [2.45, 2.75) is 38.0 Å². The Labute approximate surface area is 170 Å². The number of carbonyl (C=O) groups excluding carboxylic acids is 1. The Bertz CT molecular complexity index is 746. The number of amides is 1. The lowest BCUT2D eigenvalue weighted by Crippen LogP contribution is -2.40. The molecule has 1 unspecified atom stereocenters. The number of benzene rings is 1. The third-order valence-electron chi connectivity index (χ3n) is 4.81. The first-order valence-electron chi connectivity index (χ1n) is 9.78. The van der Waals surface area contributed by atoms with Crippen LogP contribution in [-0.2, 0) is 16.1 Å². The third-order valence-corrected chi connectivity index (χ3v) is 5.77. The summed E-state index contributed by atoms with van der Waals surface area (Å²) in [7, 11) is 0. The number of hydrogen-bond acceptors (Lipinski definition) is 6. The largest absolute Gasteiger partial charge is 0.379 e. The number of ether oxygens (including phenoxy) is 1. The van der Waals surface area contributed by atoms with E-state index in [1.165, 1.54) is 17.3 Å². The minimum atomic E-state index is 0.0337. The minimum absolute atomic E-state index is 0.0337. The second kappa shape index (κ2) is 10.6. The molecule has 0 bridgehead atoms. The average molecular weight is 404 g/mol. The van der Waals surface area contributed by atoms with Crippen LogP contribution < -0.4 is 5.32 Å². The average Bonchev–Trinajstić information content (AvgIpc) is 3.06. The summed E-state index contributed by atoms with van der Waals surface area (Å²) in [6.45, 7) is 9.27. The summed E-state index contributed by atoms with van der Waals surface area (Å²) in [5, 5.41) is 12.3. The molecule has 1 amide bonds. The number of rotatable bonds is 9. The fourth-order valence-corrected chi connectivity index (χ4v) is 3.93. The molecule has 0 spiro atoms. The molecule has 1 N–H and O–H groups in total. The molecule has 1 saturated heterocycles.